The van der Waals surface area contributed by atoms with Gasteiger partial charge in [0, 0.05) is 18.2 Å². The van der Waals surface area contributed by atoms with Crippen LogP contribution in [0.5, 0.6) is 5.75 Å². The van der Waals surface area contributed by atoms with Gasteiger partial charge in [-0.2, -0.15) is 0 Å². The molecule has 2 aromatic rings. The van der Waals surface area contributed by atoms with Crippen LogP contribution in [0.1, 0.15) is 38.7 Å². The van der Waals surface area contributed by atoms with E-state index in [2.05, 4.69) is 5.32 Å². The number of amides is 1. The lowest BCUT2D eigenvalue weighted by atomic mass is 10.1. The monoisotopic (exact) mass is 369 g/mol. The lowest BCUT2D eigenvalue weighted by Gasteiger charge is -2.11. The standard InChI is InChI=1S/C22H27NO4/c1-17(2)27-20-12-6-11-19(16-20)23-21(24)13-14-22(25)26-15-7-10-18-8-4-3-5-9-18/h3-6,8-9,11-12,16-17H,7,10,13-15H2,1-2H3,(H,23,24). The van der Waals surface area contributed by atoms with Crippen LogP contribution in [0.3, 0.4) is 0 Å². The van der Waals surface area contributed by atoms with E-state index in [-0.39, 0.29) is 30.8 Å². The van der Waals surface area contributed by atoms with E-state index in [4.69, 9.17) is 9.47 Å². The van der Waals surface area contributed by atoms with Gasteiger partial charge in [0.1, 0.15) is 5.75 Å². The highest BCUT2D eigenvalue weighted by molar-refractivity contribution is 5.92. The Morgan fingerprint density at radius 1 is 1.00 bits per heavy atom. The first-order valence-corrected chi connectivity index (χ1v) is 9.29. The fraction of sp³-hybridized carbons (Fsp3) is 0.364. The van der Waals surface area contributed by atoms with Crippen LogP contribution in [0.25, 0.3) is 0 Å². The number of carbonyl (C=O) groups is 2. The smallest absolute Gasteiger partial charge is 0.306 e. The zero-order chi connectivity index (χ0) is 19.5. The van der Waals surface area contributed by atoms with Crippen molar-refractivity contribution in [2.24, 2.45) is 0 Å². The molecule has 0 radical (unpaired) electrons. The fourth-order valence-corrected chi connectivity index (χ4v) is 2.54. The topological polar surface area (TPSA) is 64.6 Å². The Labute approximate surface area is 160 Å². The lowest BCUT2D eigenvalue weighted by Crippen LogP contribution is -2.15. The normalized spacial score (nSPS) is 10.5. The number of aryl methyl sites for hydroxylation is 1. The Balaban J connectivity index is 1.64. The summed E-state index contributed by atoms with van der Waals surface area (Å²) >= 11 is 0. The van der Waals surface area contributed by atoms with Crippen molar-refractivity contribution in [1.82, 2.24) is 0 Å². The van der Waals surface area contributed by atoms with Crippen molar-refractivity contribution < 1.29 is 19.1 Å². The summed E-state index contributed by atoms with van der Waals surface area (Å²) in [6.45, 7) is 4.25. The number of hydrogen-bond donors (Lipinski definition) is 1. The molecule has 0 aliphatic carbocycles. The molecule has 27 heavy (non-hydrogen) atoms. The molecule has 0 spiro atoms. The van der Waals surface area contributed by atoms with Gasteiger partial charge < -0.3 is 14.8 Å². The Kier molecular flexibility index (Phi) is 8.36. The average Bonchev–Trinajstić information content (AvgIpc) is 2.64. The molecule has 0 saturated carbocycles. The largest absolute Gasteiger partial charge is 0.491 e. The summed E-state index contributed by atoms with van der Waals surface area (Å²) in [7, 11) is 0. The molecule has 1 N–H and O–H groups in total. The molecule has 0 atom stereocenters. The molecular weight excluding hydrogens is 342 g/mol. The van der Waals surface area contributed by atoms with Crippen LogP contribution in [0, 0.1) is 0 Å². The van der Waals surface area contributed by atoms with Crippen LogP contribution in [0.15, 0.2) is 54.6 Å². The second kappa shape index (κ2) is 11.0. The molecule has 2 aromatic carbocycles. The molecule has 5 nitrogen and oxygen atoms in total. The van der Waals surface area contributed by atoms with Gasteiger partial charge in [-0.05, 0) is 44.4 Å². The van der Waals surface area contributed by atoms with Crippen molar-refractivity contribution in [3.05, 3.63) is 60.2 Å². The van der Waals surface area contributed by atoms with Gasteiger partial charge in [-0.1, -0.05) is 36.4 Å². The SMILES string of the molecule is CC(C)Oc1cccc(NC(=O)CCC(=O)OCCCc2ccccc2)c1. The maximum absolute atomic E-state index is 12.0. The van der Waals surface area contributed by atoms with Gasteiger partial charge in [-0.25, -0.2) is 0 Å². The summed E-state index contributed by atoms with van der Waals surface area (Å²) in [5, 5.41) is 2.77. The Morgan fingerprint density at radius 3 is 2.52 bits per heavy atom. The summed E-state index contributed by atoms with van der Waals surface area (Å²) in [6.07, 6.45) is 1.85. The van der Waals surface area contributed by atoms with Crippen molar-refractivity contribution in [1.29, 1.82) is 0 Å². The second-order valence-corrected chi connectivity index (χ2v) is 6.55. The molecule has 0 fully saturated rings. The summed E-state index contributed by atoms with van der Waals surface area (Å²) in [5.41, 5.74) is 1.87. The van der Waals surface area contributed by atoms with Gasteiger partial charge in [0.25, 0.3) is 0 Å². The lowest BCUT2D eigenvalue weighted by molar-refractivity contribution is -0.144. The van der Waals surface area contributed by atoms with Crippen molar-refractivity contribution >= 4 is 17.6 Å². The first kappa shape index (κ1) is 20.5. The summed E-state index contributed by atoms with van der Waals surface area (Å²) in [5.74, 6) is 0.119. The highest BCUT2D eigenvalue weighted by Crippen LogP contribution is 2.18. The Bertz CT molecular complexity index is 728. The van der Waals surface area contributed by atoms with Crippen LogP contribution in [0.4, 0.5) is 5.69 Å². The van der Waals surface area contributed by atoms with Gasteiger partial charge in [-0.3, -0.25) is 9.59 Å². The summed E-state index contributed by atoms with van der Waals surface area (Å²) in [4.78, 5) is 23.8. The number of ether oxygens (including phenoxy) is 2. The quantitative estimate of drug-likeness (QED) is 0.499. The maximum Gasteiger partial charge on any atom is 0.306 e. The molecular formula is C22H27NO4. The van der Waals surface area contributed by atoms with Crippen molar-refractivity contribution in [2.45, 2.75) is 45.6 Å². The number of benzene rings is 2. The van der Waals surface area contributed by atoms with E-state index in [1.165, 1.54) is 5.56 Å². The number of carbonyl (C=O) groups excluding carboxylic acids is 2. The summed E-state index contributed by atoms with van der Waals surface area (Å²) in [6, 6.07) is 17.3. The molecule has 0 aliphatic rings. The number of nitrogens with one attached hydrogen (secondary N) is 1. The van der Waals surface area contributed by atoms with Crippen LogP contribution < -0.4 is 10.1 Å². The molecule has 5 heteroatoms. The molecule has 144 valence electrons. The number of esters is 1. The minimum atomic E-state index is -0.352. The molecule has 0 saturated heterocycles. The first-order valence-electron chi connectivity index (χ1n) is 9.29. The summed E-state index contributed by atoms with van der Waals surface area (Å²) < 4.78 is 10.8. The van der Waals surface area contributed by atoms with Crippen LogP contribution >= 0.6 is 0 Å². The van der Waals surface area contributed by atoms with Crippen molar-refractivity contribution in [3.8, 4) is 5.75 Å². The van der Waals surface area contributed by atoms with Crippen LogP contribution in [0.2, 0.25) is 0 Å². The van der Waals surface area contributed by atoms with Gasteiger partial charge in [0.2, 0.25) is 5.91 Å². The highest BCUT2D eigenvalue weighted by atomic mass is 16.5. The molecule has 0 unspecified atom stereocenters. The number of hydrogen-bond acceptors (Lipinski definition) is 4. The van der Waals surface area contributed by atoms with E-state index < -0.39 is 0 Å². The highest BCUT2D eigenvalue weighted by Gasteiger charge is 2.09. The van der Waals surface area contributed by atoms with E-state index in [0.717, 1.165) is 12.8 Å². The van der Waals surface area contributed by atoms with Gasteiger partial charge in [0.05, 0.1) is 19.1 Å². The third kappa shape index (κ3) is 8.40. The van der Waals surface area contributed by atoms with Crippen molar-refractivity contribution in [2.75, 3.05) is 11.9 Å². The fourth-order valence-electron chi connectivity index (χ4n) is 2.54. The third-order valence-electron chi connectivity index (χ3n) is 3.76. The van der Waals surface area contributed by atoms with E-state index in [0.29, 0.717) is 18.0 Å². The molecule has 2 rings (SSSR count). The Hall–Kier alpha value is -2.82. The minimum absolute atomic E-state index is 0.0626. The molecule has 0 aromatic heterocycles. The third-order valence-corrected chi connectivity index (χ3v) is 3.76. The zero-order valence-corrected chi connectivity index (χ0v) is 15.9. The zero-order valence-electron chi connectivity index (χ0n) is 15.9. The first-order chi connectivity index (χ1) is 13.0. The average molecular weight is 369 g/mol. The van der Waals surface area contributed by atoms with Crippen LogP contribution in [-0.2, 0) is 20.7 Å². The predicted octanol–water partition coefficient (Wildman–Crippen LogP) is 4.37. The molecule has 0 aliphatic heterocycles. The van der Waals surface area contributed by atoms with E-state index in [1.807, 2.05) is 56.3 Å². The number of anilines is 1. The van der Waals surface area contributed by atoms with E-state index in [9.17, 15) is 9.59 Å². The predicted molar refractivity (Wildman–Crippen MR) is 106 cm³/mol. The van der Waals surface area contributed by atoms with Crippen molar-refractivity contribution in [3.63, 3.8) is 0 Å². The Morgan fingerprint density at radius 2 is 1.78 bits per heavy atom. The minimum Gasteiger partial charge on any atom is -0.491 e. The second-order valence-electron chi connectivity index (χ2n) is 6.55. The van der Waals surface area contributed by atoms with E-state index >= 15 is 0 Å². The van der Waals surface area contributed by atoms with Gasteiger partial charge >= 0.3 is 5.97 Å². The van der Waals surface area contributed by atoms with Crippen LogP contribution in [-0.4, -0.2) is 24.6 Å². The molecule has 0 bridgehead atoms. The maximum atomic E-state index is 12.0. The molecule has 1 amide bonds. The van der Waals surface area contributed by atoms with E-state index in [1.54, 1.807) is 12.1 Å². The van der Waals surface area contributed by atoms with Gasteiger partial charge in [-0.15, -0.1) is 0 Å². The number of rotatable bonds is 10. The van der Waals surface area contributed by atoms with Gasteiger partial charge in [0.15, 0.2) is 0 Å². The molecule has 0 heterocycles.